The van der Waals surface area contributed by atoms with E-state index in [1.165, 1.54) is 12.1 Å². The normalized spacial score (nSPS) is 11.2. The summed E-state index contributed by atoms with van der Waals surface area (Å²) in [6.07, 6.45) is 0. The van der Waals surface area contributed by atoms with E-state index in [2.05, 4.69) is 0 Å². The summed E-state index contributed by atoms with van der Waals surface area (Å²) in [5.41, 5.74) is 1.60. The van der Waals surface area contributed by atoms with Crippen LogP contribution in [0.5, 0.6) is 5.75 Å². The molecule has 0 heterocycles. The zero-order chi connectivity index (χ0) is 15.6. The van der Waals surface area contributed by atoms with Crippen LogP contribution in [0.25, 0.3) is 11.1 Å². The van der Waals surface area contributed by atoms with Gasteiger partial charge in [-0.25, -0.2) is 9.18 Å². The highest BCUT2D eigenvalue weighted by Crippen LogP contribution is 2.28. The Morgan fingerprint density at radius 3 is 2.14 bits per heavy atom. The number of carboxylic acid groups (broad SMARTS) is 1. The van der Waals surface area contributed by atoms with E-state index in [1.807, 2.05) is 19.6 Å². The molecule has 1 N–H and O–H groups in total. The number of rotatable bonds is 4. The molecule has 0 aliphatic carbocycles. The van der Waals surface area contributed by atoms with Crippen LogP contribution >= 0.6 is 0 Å². The second kappa shape index (κ2) is 5.69. The molecule has 0 aliphatic heterocycles. The van der Waals surface area contributed by atoms with Crippen LogP contribution in [0.2, 0.25) is 19.6 Å². The maximum Gasteiger partial charge on any atom is 0.339 e. The second-order valence-corrected chi connectivity index (χ2v) is 10.2. The van der Waals surface area contributed by atoms with Crippen LogP contribution in [0.3, 0.4) is 0 Å². The van der Waals surface area contributed by atoms with Crippen molar-refractivity contribution in [3.8, 4) is 16.9 Å². The summed E-state index contributed by atoms with van der Waals surface area (Å²) in [7, 11) is -1.89. The molecule has 0 aromatic heterocycles. The Hall–Kier alpha value is -2.14. The predicted molar refractivity (Wildman–Crippen MR) is 82.8 cm³/mol. The molecule has 21 heavy (non-hydrogen) atoms. The molecule has 0 saturated carbocycles. The maximum absolute atomic E-state index is 13.0. The number of carbonyl (C=O) groups is 1. The average Bonchev–Trinajstić information content (AvgIpc) is 2.38. The van der Waals surface area contributed by atoms with Crippen LogP contribution in [-0.2, 0) is 0 Å². The van der Waals surface area contributed by atoms with E-state index in [-0.39, 0.29) is 11.4 Å². The Kier molecular flexibility index (Phi) is 4.13. The molecule has 0 fully saturated rings. The van der Waals surface area contributed by atoms with E-state index in [1.54, 1.807) is 30.3 Å². The molecule has 0 amide bonds. The van der Waals surface area contributed by atoms with Gasteiger partial charge in [-0.1, -0.05) is 18.2 Å². The highest BCUT2D eigenvalue weighted by Gasteiger charge is 2.21. The summed E-state index contributed by atoms with van der Waals surface area (Å²) < 4.78 is 18.8. The van der Waals surface area contributed by atoms with Crippen LogP contribution in [0.1, 0.15) is 10.4 Å². The predicted octanol–water partition coefficient (Wildman–Crippen LogP) is 4.40. The van der Waals surface area contributed by atoms with Crippen LogP contribution in [0, 0.1) is 5.82 Å². The molecule has 0 aliphatic rings. The van der Waals surface area contributed by atoms with Crippen molar-refractivity contribution in [1.82, 2.24) is 0 Å². The number of benzene rings is 2. The number of hydrogen-bond donors (Lipinski definition) is 1. The fraction of sp³-hybridized carbons (Fsp3) is 0.188. The Bertz CT molecular complexity index is 660. The fourth-order valence-corrected chi connectivity index (χ4v) is 2.78. The minimum absolute atomic E-state index is 0.124. The van der Waals surface area contributed by atoms with Gasteiger partial charge >= 0.3 is 5.97 Å². The Balaban J connectivity index is 2.45. The second-order valence-electron chi connectivity index (χ2n) is 5.74. The van der Waals surface area contributed by atoms with E-state index in [9.17, 15) is 14.3 Å². The molecular formula is C16H17FO3Si. The zero-order valence-electron chi connectivity index (χ0n) is 12.2. The maximum atomic E-state index is 13.0. The quantitative estimate of drug-likeness (QED) is 0.851. The van der Waals surface area contributed by atoms with Gasteiger partial charge in [0.25, 0.3) is 0 Å². The zero-order valence-corrected chi connectivity index (χ0v) is 13.2. The van der Waals surface area contributed by atoms with Crippen molar-refractivity contribution in [2.45, 2.75) is 19.6 Å². The third-order valence-corrected chi connectivity index (χ3v) is 3.64. The lowest BCUT2D eigenvalue weighted by Crippen LogP contribution is -2.30. The van der Waals surface area contributed by atoms with Gasteiger partial charge in [-0.15, -0.1) is 0 Å². The first kappa shape index (κ1) is 15.2. The molecule has 2 aromatic rings. The van der Waals surface area contributed by atoms with Crippen molar-refractivity contribution in [3.63, 3.8) is 0 Å². The first-order chi connectivity index (χ1) is 9.76. The molecule has 0 bridgehead atoms. The Morgan fingerprint density at radius 1 is 1.05 bits per heavy atom. The molecular weight excluding hydrogens is 287 g/mol. The van der Waals surface area contributed by atoms with E-state index in [0.717, 1.165) is 11.1 Å². The summed E-state index contributed by atoms with van der Waals surface area (Å²) in [6, 6.07) is 11.0. The van der Waals surface area contributed by atoms with Gasteiger partial charge in [0, 0.05) is 0 Å². The molecule has 0 unspecified atom stereocenters. The standard InChI is InChI=1S/C16H17FO3Si/c1-21(2,3)20-15-9-6-12(10-14(15)16(18)19)11-4-7-13(17)8-5-11/h4-10H,1-3H3,(H,18,19). The molecule has 2 rings (SSSR count). The van der Waals surface area contributed by atoms with Gasteiger partial charge in [-0.3, -0.25) is 0 Å². The van der Waals surface area contributed by atoms with Gasteiger partial charge in [0.05, 0.1) is 0 Å². The van der Waals surface area contributed by atoms with Crippen molar-refractivity contribution >= 4 is 14.3 Å². The molecule has 3 nitrogen and oxygen atoms in total. The van der Waals surface area contributed by atoms with Gasteiger partial charge in [-0.2, -0.15) is 0 Å². The van der Waals surface area contributed by atoms with Gasteiger partial charge in [-0.05, 0) is 55.0 Å². The third-order valence-electron chi connectivity index (χ3n) is 2.80. The summed E-state index contributed by atoms with van der Waals surface area (Å²) in [6.45, 7) is 5.98. The summed E-state index contributed by atoms with van der Waals surface area (Å²) >= 11 is 0. The Morgan fingerprint density at radius 2 is 1.62 bits per heavy atom. The average molecular weight is 304 g/mol. The minimum Gasteiger partial charge on any atom is -0.544 e. The fourth-order valence-electron chi connectivity index (χ4n) is 1.94. The van der Waals surface area contributed by atoms with E-state index < -0.39 is 14.3 Å². The Labute approximate surface area is 124 Å². The summed E-state index contributed by atoms with van der Waals surface area (Å²) in [5.74, 6) is -0.976. The van der Waals surface area contributed by atoms with E-state index >= 15 is 0 Å². The van der Waals surface area contributed by atoms with Crippen molar-refractivity contribution < 1.29 is 18.7 Å². The topological polar surface area (TPSA) is 46.5 Å². The van der Waals surface area contributed by atoms with Crippen LogP contribution in [0.4, 0.5) is 4.39 Å². The minimum atomic E-state index is -1.89. The van der Waals surface area contributed by atoms with Crippen LogP contribution < -0.4 is 4.43 Å². The van der Waals surface area contributed by atoms with Gasteiger partial charge in [0.2, 0.25) is 8.32 Å². The lowest BCUT2D eigenvalue weighted by Gasteiger charge is -2.21. The van der Waals surface area contributed by atoms with Crippen molar-refractivity contribution in [1.29, 1.82) is 0 Å². The largest absolute Gasteiger partial charge is 0.544 e. The summed E-state index contributed by atoms with van der Waals surface area (Å²) in [4.78, 5) is 11.4. The summed E-state index contributed by atoms with van der Waals surface area (Å²) in [5, 5.41) is 9.35. The lowest BCUT2D eigenvalue weighted by molar-refractivity contribution is 0.0695. The number of hydrogen-bond acceptors (Lipinski definition) is 2. The monoisotopic (exact) mass is 304 g/mol. The number of halogens is 1. The van der Waals surface area contributed by atoms with E-state index in [4.69, 9.17) is 4.43 Å². The first-order valence-electron chi connectivity index (χ1n) is 6.58. The van der Waals surface area contributed by atoms with Crippen molar-refractivity contribution in [2.24, 2.45) is 0 Å². The van der Waals surface area contributed by atoms with Crippen molar-refractivity contribution in [3.05, 3.63) is 53.8 Å². The highest BCUT2D eigenvalue weighted by atomic mass is 28.4. The molecule has 110 valence electrons. The first-order valence-corrected chi connectivity index (χ1v) is 9.99. The highest BCUT2D eigenvalue weighted by molar-refractivity contribution is 6.70. The third kappa shape index (κ3) is 3.92. The lowest BCUT2D eigenvalue weighted by atomic mass is 10.0. The smallest absolute Gasteiger partial charge is 0.339 e. The van der Waals surface area contributed by atoms with Crippen LogP contribution in [-0.4, -0.2) is 19.4 Å². The SMILES string of the molecule is C[Si](C)(C)Oc1ccc(-c2ccc(F)cc2)cc1C(=O)O. The van der Waals surface area contributed by atoms with Gasteiger partial charge in [0.1, 0.15) is 17.1 Å². The molecule has 0 saturated heterocycles. The molecule has 0 radical (unpaired) electrons. The molecule has 2 aromatic carbocycles. The van der Waals surface area contributed by atoms with Gasteiger partial charge < -0.3 is 9.53 Å². The number of aromatic carboxylic acids is 1. The molecule has 5 heteroatoms. The molecule has 0 spiro atoms. The van der Waals surface area contributed by atoms with Crippen molar-refractivity contribution in [2.75, 3.05) is 0 Å². The number of carboxylic acids is 1. The molecule has 0 atom stereocenters. The van der Waals surface area contributed by atoms with Crippen LogP contribution in [0.15, 0.2) is 42.5 Å². The van der Waals surface area contributed by atoms with E-state index in [0.29, 0.717) is 5.75 Å². The van der Waals surface area contributed by atoms with Gasteiger partial charge in [0.15, 0.2) is 0 Å².